The molecule has 0 N–H and O–H groups in total. The van der Waals surface area contributed by atoms with E-state index in [4.69, 9.17) is 9.05 Å². The number of hydrogen-bond acceptors (Lipinski definition) is 3. The molecule has 0 aromatic heterocycles. The van der Waals surface area contributed by atoms with Gasteiger partial charge in [-0.1, -0.05) is 89.2 Å². The first kappa shape index (κ1) is 22.6. The van der Waals surface area contributed by atoms with E-state index in [1.54, 1.807) is 0 Å². The summed E-state index contributed by atoms with van der Waals surface area (Å²) in [6.07, 6.45) is 0.651. The maximum atomic E-state index is 13.9. The third kappa shape index (κ3) is 4.49. The summed E-state index contributed by atoms with van der Waals surface area (Å²) in [6, 6.07) is 8.47. The molecule has 0 atom stereocenters. The molecule has 2 aromatic carbocycles. The van der Waals surface area contributed by atoms with Gasteiger partial charge in [0.25, 0.3) is 0 Å². The van der Waals surface area contributed by atoms with Gasteiger partial charge in [0, 0.05) is 28.7 Å². The number of fused-ring (bicyclic) bond motifs is 2. The molecule has 3 nitrogen and oxygen atoms in total. The van der Waals surface area contributed by atoms with Crippen LogP contribution in [0.4, 0.5) is 0 Å². The Bertz CT molecular complexity index is 960. The second-order valence-electron chi connectivity index (χ2n) is 10.3. The third-order valence-corrected chi connectivity index (χ3v) is 6.68. The molecule has 0 radical (unpaired) electrons. The Kier molecular flexibility index (Phi) is 5.71. The molecule has 0 saturated heterocycles. The van der Waals surface area contributed by atoms with Gasteiger partial charge in [0.2, 0.25) is 0 Å². The average Bonchev–Trinajstić information content (AvgIpc) is 2.56. The highest BCUT2D eigenvalue weighted by molar-refractivity contribution is 7.63. The van der Waals surface area contributed by atoms with Crippen LogP contribution < -0.4 is 13.9 Å². The minimum atomic E-state index is -3.67. The second kappa shape index (κ2) is 7.57. The molecule has 4 heteroatoms. The topological polar surface area (TPSA) is 41.5 Å². The van der Waals surface area contributed by atoms with Gasteiger partial charge in [-0.15, -0.1) is 0 Å². The molecule has 0 fully saturated rings. The van der Waals surface area contributed by atoms with Crippen LogP contribution in [0.5, 0.6) is 11.5 Å². The molecule has 0 bridgehead atoms. The fourth-order valence-corrected chi connectivity index (χ4v) is 5.24. The van der Waals surface area contributed by atoms with Gasteiger partial charge >= 0.3 is 7.94 Å². The van der Waals surface area contributed by atoms with Crippen LogP contribution in [0.1, 0.15) is 74.9 Å². The number of rotatable bonds is 1. The predicted octanol–water partition coefficient (Wildman–Crippen LogP) is 6.68. The summed E-state index contributed by atoms with van der Waals surface area (Å²) in [5.41, 5.74) is 8.68. The fourth-order valence-electron chi connectivity index (χ4n) is 3.93. The van der Waals surface area contributed by atoms with Gasteiger partial charge in [0.15, 0.2) is 17.3 Å². The molecule has 1 heterocycles. The van der Waals surface area contributed by atoms with Gasteiger partial charge < -0.3 is 13.9 Å². The van der Waals surface area contributed by atoms with Crippen LogP contribution >= 0.6 is 7.94 Å². The van der Waals surface area contributed by atoms with E-state index in [2.05, 4.69) is 92.0 Å². The van der Waals surface area contributed by atoms with Crippen molar-refractivity contribution in [2.24, 2.45) is 0 Å². The van der Waals surface area contributed by atoms with Crippen molar-refractivity contribution in [2.45, 2.75) is 72.6 Å². The molecule has 0 unspecified atom stereocenters. The number of aryl methyl sites for hydroxylation is 2. The summed E-state index contributed by atoms with van der Waals surface area (Å²) in [7, 11) is -3.67. The van der Waals surface area contributed by atoms with Crippen molar-refractivity contribution in [3.05, 3.63) is 75.8 Å². The Hall–Kier alpha value is -2.05. The highest BCUT2D eigenvalue weighted by Gasteiger charge is 2.39. The maximum Gasteiger partial charge on any atom is 0.366 e. The Morgan fingerprint density at radius 2 is 1.27 bits per heavy atom. The van der Waals surface area contributed by atoms with E-state index in [0.717, 1.165) is 33.4 Å². The summed E-state index contributed by atoms with van der Waals surface area (Å²) in [5.74, 6) is 2.63. The predicted molar refractivity (Wildman–Crippen MR) is 124 cm³/mol. The van der Waals surface area contributed by atoms with Crippen molar-refractivity contribution < 1.29 is 13.9 Å². The van der Waals surface area contributed by atoms with Crippen LogP contribution in [-0.4, -0.2) is 0 Å². The standard InChI is InChI=1S/C26H33O3P/c1-10-11-30(27)28-23-19(12-17(2)14-21(23)25(4,5)6)16-20-13-18(3)15-22(24(20)29-30)26(7,8)9/h11-15H,1,16H2,2-9H3. The molecule has 2 aromatic rings. The van der Waals surface area contributed by atoms with Crippen molar-refractivity contribution in [3.63, 3.8) is 0 Å². The second-order valence-corrected chi connectivity index (χ2v) is 12.0. The summed E-state index contributed by atoms with van der Waals surface area (Å²) < 4.78 is 12.4. The van der Waals surface area contributed by atoms with Gasteiger partial charge in [-0.2, -0.15) is 0 Å². The van der Waals surface area contributed by atoms with E-state index in [1.807, 2.05) is 0 Å². The number of hydrogen-bond donors (Lipinski definition) is 0. The van der Waals surface area contributed by atoms with Gasteiger partial charge in [-0.3, -0.25) is 0 Å². The first-order chi connectivity index (χ1) is 13.7. The molecule has 160 valence electrons. The minimum absolute atomic E-state index is 0.177. The molecule has 1 aliphatic rings. The van der Waals surface area contributed by atoms with E-state index >= 15 is 0 Å². The third-order valence-electron chi connectivity index (χ3n) is 5.30. The summed E-state index contributed by atoms with van der Waals surface area (Å²) in [6.45, 7) is 20.6. The Morgan fingerprint density at radius 3 is 1.60 bits per heavy atom. The lowest BCUT2D eigenvalue weighted by molar-refractivity contribution is -0.198. The molecule has 0 aliphatic carbocycles. The number of benzene rings is 2. The lowest BCUT2D eigenvalue weighted by Crippen LogP contribution is -2.26. The zero-order valence-electron chi connectivity index (χ0n) is 19.5. The monoisotopic (exact) mass is 424 g/mol. The quantitative estimate of drug-likeness (QED) is 0.379. The highest BCUT2D eigenvalue weighted by atomic mass is 31.2. The zero-order valence-corrected chi connectivity index (χ0v) is 20.4. The lowest BCUT2D eigenvalue weighted by Gasteiger charge is -2.34. The molecular weight excluding hydrogens is 391 g/mol. The summed E-state index contributed by atoms with van der Waals surface area (Å²) in [5, 5.41) is 0. The van der Waals surface area contributed by atoms with Crippen molar-refractivity contribution in [2.75, 3.05) is 0 Å². The van der Waals surface area contributed by atoms with Crippen LogP contribution in [0, 0.1) is 13.8 Å². The SMILES string of the molecule is C=C=C[P+]1([O-])Oc2c(cc(C)cc2C(C)(C)C)Cc2cc(C)cc(C(C)(C)C)c2O1. The molecular formula is C26H33O3P. The first-order valence-corrected chi connectivity index (χ1v) is 12.0. The molecule has 1 aliphatic heterocycles. The van der Waals surface area contributed by atoms with E-state index in [0.29, 0.717) is 17.9 Å². The van der Waals surface area contributed by atoms with Crippen LogP contribution in [0.3, 0.4) is 0 Å². The summed E-state index contributed by atoms with van der Waals surface area (Å²) in [4.78, 5) is 13.9. The van der Waals surface area contributed by atoms with Crippen molar-refractivity contribution >= 4 is 7.94 Å². The van der Waals surface area contributed by atoms with E-state index in [-0.39, 0.29) is 10.8 Å². The minimum Gasteiger partial charge on any atom is -0.612 e. The van der Waals surface area contributed by atoms with E-state index < -0.39 is 7.94 Å². The Labute approximate surface area is 182 Å². The van der Waals surface area contributed by atoms with Crippen molar-refractivity contribution in [1.29, 1.82) is 0 Å². The fraction of sp³-hybridized carbons (Fsp3) is 0.423. The molecule has 0 spiro atoms. The lowest BCUT2D eigenvalue weighted by atomic mass is 9.81. The zero-order chi connectivity index (χ0) is 22.5. The van der Waals surface area contributed by atoms with Crippen molar-refractivity contribution in [3.8, 4) is 11.5 Å². The highest BCUT2D eigenvalue weighted by Crippen LogP contribution is 2.59. The van der Waals surface area contributed by atoms with Gasteiger partial charge in [-0.25, -0.2) is 0 Å². The van der Waals surface area contributed by atoms with Crippen molar-refractivity contribution in [1.82, 2.24) is 0 Å². The van der Waals surface area contributed by atoms with Gasteiger partial charge in [-0.05, 0) is 24.7 Å². The molecule has 0 amide bonds. The molecule has 3 rings (SSSR count). The molecule has 0 saturated carbocycles. The van der Waals surface area contributed by atoms with Gasteiger partial charge in [0.05, 0.1) is 0 Å². The summed E-state index contributed by atoms with van der Waals surface area (Å²) >= 11 is 0. The normalized spacial score (nSPS) is 15.5. The Morgan fingerprint density at radius 1 is 0.867 bits per heavy atom. The Balaban J connectivity index is 2.38. The average molecular weight is 425 g/mol. The van der Waals surface area contributed by atoms with E-state index in [1.165, 1.54) is 5.82 Å². The van der Waals surface area contributed by atoms with E-state index in [9.17, 15) is 4.89 Å². The molecule has 30 heavy (non-hydrogen) atoms. The largest absolute Gasteiger partial charge is 0.612 e. The van der Waals surface area contributed by atoms with Crippen LogP contribution in [0.2, 0.25) is 0 Å². The smallest absolute Gasteiger partial charge is 0.366 e. The maximum absolute atomic E-state index is 13.9. The first-order valence-electron chi connectivity index (χ1n) is 10.4. The van der Waals surface area contributed by atoms with Crippen LogP contribution in [0.25, 0.3) is 0 Å². The van der Waals surface area contributed by atoms with Crippen LogP contribution in [-0.2, 0) is 17.3 Å². The van der Waals surface area contributed by atoms with Crippen LogP contribution in [0.15, 0.2) is 42.4 Å². The van der Waals surface area contributed by atoms with Gasteiger partial charge in [0.1, 0.15) is 0 Å².